The molecule has 0 aliphatic carbocycles. The van der Waals surface area contributed by atoms with Gasteiger partial charge in [0.2, 0.25) is 0 Å². The molecule has 0 aliphatic rings. The Morgan fingerprint density at radius 2 is 0.917 bits per heavy atom. The van der Waals surface area contributed by atoms with Crippen LogP contribution in [0.5, 0.6) is 0 Å². The molecule has 8 aromatic carbocycles. The van der Waals surface area contributed by atoms with Crippen molar-refractivity contribution in [3.8, 4) is 67.7 Å². The molecule has 0 spiro atoms. The summed E-state index contributed by atoms with van der Waals surface area (Å²) in [6.07, 6.45) is 0. The zero-order valence-electron chi connectivity index (χ0n) is 32.1. The first kappa shape index (κ1) is 34.3. The molecule has 4 heterocycles. The Bertz CT molecular complexity index is 3520. The van der Waals surface area contributed by atoms with E-state index in [9.17, 15) is 0 Å². The van der Waals surface area contributed by atoms with Crippen molar-refractivity contribution in [2.24, 2.45) is 0 Å². The average Bonchev–Trinajstić information content (AvgIpc) is 3.91. The second-order valence-electron chi connectivity index (χ2n) is 15.0. The van der Waals surface area contributed by atoms with Crippen LogP contribution < -0.4 is 0 Å². The minimum atomic E-state index is 0.622. The van der Waals surface area contributed by atoms with Gasteiger partial charge in [0.25, 0.3) is 0 Å². The number of hydrogen-bond acceptors (Lipinski definition) is 6. The Kier molecular flexibility index (Phi) is 7.96. The third-order valence-corrected chi connectivity index (χ3v) is 12.6. The minimum absolute atomic E-state index is 0.622. The molecule has 12 aromatic rings. The number of hydrogen-bond donors (Lipinski definition) is 0. The topological polar surface area (TPSA) is 64.7 Å². The van der Waals surface area contributed by atoms with Crippen LogP contribution in [0.4, 0.5) is 0 Å². The fourth-order valence-corrected chi connectivity index (χ4v) is 9.62. The number of para-hydroxylation sites is 2. The lowest BCUT2D eigenvalue weighted by molar-refractivity contribution is 0.670. The molecule has 0 N–H and O–H groups in total. The van der Waals surface area contributed by atoms with Gasteiger partial charge in [-0.3, -0.25) is 0 Å². The number of aromatic nitrogens is 4. The van der Waals surface area contributed by atoms with E-state index in [4.69, 9.17) is 24.4 Å². The summed E-state index contributed by atoms with van der Waals surface area (Å²) in [4.78, 5) is 20.3. The summed E-state index contributed by atoms with van der Waals surface area (Å²) in [6.45, 7) is 0. The highest BCUT2D eigenvalue weighted by atomic mass is 32.1. The highest BCUT2D eigenvalue weighted by Gasteiger charge is 2.19. The Morgan fingerprint density at radius 1 is 0.367 bits per heavy atom. The maximum absolute atomic E-state index is 6.36. The first-order valence-corrected chi connectivity index (χ1v) is 20.8. The van der Waals surface area contributed by atoms with Crippen molar-refractivity contribution in [3.63, 3.8) is 0 Å². The van der Waals surface area contributed by atoms with Crippen LogP contribution in [0.15, 0.2) is 199 Å². The SMILES string of the molecule is c1ccc(-c2nc(-c3ccccc3)nc(-c3ccc(-c4nc5cc(-c6ccc(-c7cccc8c7oc7ccccc78)cc6)ccc5c5sc6ccccc6c45)cc3)n2)cc1. The molecule has 6 heteroatoms. The molecule has 60 heavy (non-hydrogen) atoms. The van der Waals surface area contributed by atoms with Gasteiger partial charge in [-0.05, 0) is 34.9 Å². The number of thiophene rings is 1. The van der Waals surface area contributed by atoms with Crippen molar-refractivity contribution in [2.75, 3.05) is 0 Å². The predicted octanol–water partition coefficient (Wildman–Crippen LogP) is 14.7. The quantitative estimate of drug-likeness (QED) is 0.168. The maximum Gasteiger partial charge on any atom is 0.164 e. The lowest BCUT2D eigenvalue weighted by Crippen LogP contribution is -2.00. The molecular weight excluding hydrogens is 753 g/mol. The second-order valence-corrected chi connectivity index (χ2v) is 16.0. The van der Waals surface area contributed by atoms with E-state index in [1.54, 1.807) is 0 Å². The Labute approximate surface area is 348 Å². The molecule has 0 bridgehead atoms. The molecule has 0 unspecified atom stereocenters. The minimum Gasteiger partial charge on any atom is -0.455 e. The van der Waals surface area contributed by atoms with Gasteiger partial charge in [-0.15, -0.1) is 11.3 Å². The van der Waals surface area contributed by atoms with Gasteiger partial charge >= 0.3 is 0 Å². The molecule has 0 radical (unpaired) electrons. The lowest BCUT2D eigenvalue weighted by atomic mass is 9.97. The zero-order valence-corrected chi connectivity index (χ0v) is 32.9. The monoisotopic (exact) mass is 784 g/mol. The van der Waals surface area contributed by atoms with Crippen molar-refractivity contribution in [3.05, 3.63) is 194 Å². The van der Waals surface area contributed by atoms with Crippen LogP contribution in [-0.4, -0.2) is 19.9 Å². The average molecular weight is 785 g/mol. The van der Waals surface area contributed by atoms with E-state index in [1.165, 1.54) is 20.2 Å². The smallest absolute Gasteiger partial charge is 0.164 e. The summed E-state index contributed by atoms with van der Waals surface area (Å²) >= 11 is 1.83. The first-order valence-electron chi connectivity index (χ1n) is 20.0. The van der Waals surface area contributed by atoms with Crippen LogP contribution in [-0.2, 0) is 0 Å². The van der Waals surface area contributed by atoms with E-state index < -0.39 is 0 Å². The second kappa shape index (κ2) is 13.9. The number of nitrogens with zero attached hydrogens (tertiary/aromatic N) is 4. The van der Waals surface area contributed by atoms with Crippen molar-refractivity contribution >= 4 is 64.4 Å². The molecule has 12 rings (SSSR count). The van der Waals surface area contributed by atoms with E-state index >= 15 is 0 Å². The standard InChI is InChI=1S/C54H32N4OS/c1-3-12-36(13-4-1)52-56-53(37-14-5-2-6-15-37)58-54(57-52)38-28-26-35(27-29-38)49-48-44-17-8-10-21-47(44)60-51(48)43-31-30-39(32-45(43)55-49)33-22-24-34(25-23-33)40-18-11-19-42-41-16-7-9-20-46(41)59-50(40)42/h1-32H. The molecular formula is C54H32N4OS. The Hall–Kier alpha value is -7.80. The van der Waals surface area contributed by atoms with Gasteiger partial charge in [0.15, 0.2) is 17.5 Å². The highest BCUT2D eigenvalue weighted by Crippen LogP contribution is 2.44. The molecule has 0 amide bonds. The zero-order chi connectivity index (χ0) is 39.6. The molecule has 0 aliphatic heterocycles. The van der Waals surface area contributed by atoms with Crippen LogP contribution in [0.25, 0.3) is 121 Å². The normalized spacial score (nSPS) is 11.7. The molecule has 0 fully saturated rings. The number of benzene rings is 8. The summed E-state index contributed by atoms with van der Waals surface area (Å²) in [5, 5.41) is 5.80. The van der Waals surface area contributed by atoms with Gasteiger partial charge in [-0.1, -0.05) is 176 Å². The lowest BCUT2D eigenvalue weighted by Gasteiger charge is -2.11. The molecule has 5 nitrogen and oxygen atoms in total. The summed E-state index contributed by atoms with van der Waals surface area (Å²) in [6, 6.07) is 67.4. The van der Waals surface area contributed by atoms with Gasteiger partial charge in [0.05, 0.1) is 11.2 Å². The molecule has 0 saturated heterocycles. The molecule has 280 valence electrons. The predicted molar refractivity (Wildman–Crippen MR) is 248 cm³/mol. The van der Waals surface area contributed by atoms with Gasteiger partial charge < -0.3 is 4.42 Å². The van der Waals surface area contributed by atoms with Crippen molar-refractivity contribution in [2.45, 2.75) is 0 Å². The summed E-state index contributed by atoms with van der Waals surface area (Å²) < 4.78 is 8.84. The van der Waals surface area contributed by atoms with E-state index in [1.807, 2.05) is 84.1 Å². The van der Waals surface area contributed by atoms with Crippen molar-refractivity contribution in [1.29, 1.82) is 0 Å². The summed E-state index contributed by atoms with van der Waals surface area (Å²) in [5.41, 5.74) is 12.0. The first-order chi connectivity index (χ1) is 29.7. The number of rotatable bonds is 6. The van der Waals surface area contributed by atoms with Crippen molar-refractivity contribution < 1.29 is 4.42 Å². The third-order valence-electron chi connectivity index (χ3n) is 11.4. The fourth-order valence-electron chi connectivity index (χ4n) is 8.38. The van der Waals surface area contributed by atoms with Crippen LogP contribution in [0, 0.1) is 0 Å². The largest absolute Gasteiger partial charge is 0.455 e. The van der Waals surface area contributed by atoms with Gasteiger partial charge in [0.1, 0.15) is 11.2 Å². The van der Waals surface area contributed by atoms with Gasteiger partial charge in [-0.25, -0.2) is 19.9 Å². The number of furan rings is 1. The fraction of sp³-hybridized carbons (Fsp3) is 0. The number of pyridine rings is 1. The maximum atomic E-state index is 6.36. The third kappa shape index (κ3) is 5.76. The van der Waals surface area contributed by atoms with Crippen LogP contribution in [0.3, 0.4) is 0 Å². The van der Waals surface area contributed by atoms with E-state index in [-0.39, 0.29) is 0 Å². The highest BCUT2D eigenvalue weighted by molar-refractivity contribution is 7.26. The Balaban J connectivity index is 0.951. The van der Waals surface area contributed by atoms with E-state index in [0.717, 1.165) is 83.0 Å². The van der Waals surface area contributed by atoms with Gasteiger partial charge in [0, 0.05) is 64.1 Å². The van der Waals surface area contributed by atoms with Gasteiger partial charge in [-0.2, -0.15) is 0 Å². The molecule has 0 atom stereocenters. The van der Waals surface area contributed by atoms with E-state index in [2.05, 4.69) is 121 Å². The van der Waals surface area contributed by atoms with Crippen LogP contribution in [0.2, 0.25) is 0 Å². The van der Waals surface area contributed by atoms with Crippen molar-refractivity contribution in [1.82, 2.24) is 19.9 Å². The summed E-state index contributed by atoms with van der Waals surface area (Å²) in [5.74, 6) is 1.90. The van der Waals surface area contributed by atoms with Crippen LogP contribution in [0.1, 0.15) is 0 Å². The van der Waals surface area contributed by atoms with E-state index in [0.29, 0.717) is 17.5 Å². The number of fused-ring (bicyclic) bond motifs is 8. The molecule has 4 aromatic heterocycles. The Morgan fingerprint density at radius 3 is 1.63 bits per heavy atom. The summed E-state index contributed by atoms with van der Waals surface area (Å²) in [7, 11) is 0. The molecule has 0 saturated carbocycles. The van der Waals surface area contributed by atoms with Crippen LogP contribution >= 0.6 is 11.3 Å².